The first kappa shape index (κ1) is 23.6. The smallest absolute Gasteiger partial charge is 0.391 e. The molecule has 10 heteroatoms. The van der Waals surface area contributed by atoms with Crippen LogP contribution < -0.4 is 10.9 Å². The van der Waals surface area contributed by atoms with Crippen LogP contribution >= 0.6 is 11.6 Å². The van der Waals surface area contributed by atoms with Crippen LogP contribution in [0.1, 0.15) is 49.0 Å². The van der Waals surface area contributed by atoms with Crippen molar-refractivity contribution < 1.29 is 28.2 Å². The fourth-order valence-corrected chi connectivity index (χ4v) is 4.22. The van der Waals surface area contributed by atoms with Crippen LogP contribution in [0, 0.1) is 5.92 Å². The number of hydrogen-bond acceptors (Lipinski definition) is 4. The van der Waals surface area contributed by atoms with Gasteiger partial charge in [0.05, 0.1) is 34.8 Å². The van der Waals surface area contributed by atoms with Crippen LogP contribution in [0.5, 0.6) is 0 Å². The van der Waals surface area contributed by atoms with Gasteiger partial charge in [-0.2, -0.15) is 13.2 Å². The molecule has 6 nitrogen and oxygen atoms in total. The van der Waals surface area contributed by atoms with E-state index >= 15 is 0 Å². The fourth-order valence-electron chi connectivity index (χ4n) is 3.97. The minimum Gasteiger partial charge on any atom is -0.394 e. The van der Waals surface area contributed by atoms with Crippen molar-refractivity contribution in [3.8, 4) is 0 Å². The van der Waals surface area contributed by atoms with Gasteiger partial charge in [-0.25, -0.2) is 0 Å². The summed E-state index contributed by atoms with van der Waals surface area (Å²) in [6, 6.07) is 4.00. The zero-order valence-electron chi connectivity index (χ0n) is 16.9. The summed E-state index contributed by atoms with van der Waals surface area (Å²) in [6.45, 7) is 1.22. The van der Waals surface area contributed by atoms with E-state index in [1.54, 1.807) is 13.0 Å². The second-order valence-corrected chi connectivity index (χ2v) is 8.57. The van der Waals surface area contributed by atoms with Crippen molar-refractivity contribution in [1.29, 1.82) is 0 Å². The van der Waals surface area contributed by atoms with Gasteiger partial charge in [0.1, 0.15) is 0 Å². The molecule has 2 aromatic rings. The number of fused-ring (bicyclic) bond motifs is 1. The Morgan fingerprint density at radius 1 is 1.29 bits per heavy atom. The summed E-state index contributed by atoms with van der Waals surface area (Å²) in [5.74, 6) is -2.08. The van der Waals surface area contributed by atoms with Crippen molar-refractivity contribution in [2.75, 3.05) is 13.2 Å². The van der Waals surface area contributed by atoms with Crippen LogP contribution in [0.25, 0.3) is 10.8 Å². The number of aliphatic hydroxyl groups excluding tert-OH is 1. The molecule has 1 heterocycles. The highest BCUT2D eigenvalue weighted by molar-refractivity contribution is 6.35. The molecule has 0 spiro atoms. The molecular weight excluding hydrogens is 437 g/mol. The van der Waals surface area contributed by atoms with Crippen molar-refractivity contribution in [3.05, 3.63) is 45.3 Å². The lowest BCUT2D eigenvalue weighted by atomic mass is 9.78. The quantitative estimate of drug-likeness (QED) is 0.637. The average Bonchev–Trinajstić information content (AvgIpc) is 2.71. The molecule has 1 aromatic heterocycles. The zero-order chi connectivity index (χ0) is 23.0. The van der Waals surface area contributed by atoms with E-state index < -0.39 is 35.2 Å². The second-order valence-electron chi connectivity index (χ2n) is 8.17. The lowest BCUT2D eigenvalue weighted by Crippen LogP contribution is -2.47. The lowest BCUT2D eigenvalue weighted by Gasteiger charge is -2.36. The van der Waals surface area contributed by atoms with Crippen molar-refractivity contribution in [3.63, 3.8) is 0 Å². The molecule has 1 saturated carbocycles. The maximum absolute atomic E-state index is 12.8. The Hall–Kier alpha value is -2.10. The Labute approximate surface area is 181 Å². The highest BCUT2D eigenvalue weighted by Gasteiger charge is 2.45. The van der Waals surface area contributed by atoms with E-state index in [1.165, 1.54) is 22.9 Å². The van der Waals surface area contributed by atoms with Gasteiger partial charge >= 0.3 is 6.18 Å². The van der Waals surface area contributed by atoms with Crippen LogP contribution in [0.15, 0.2) is 29.2 Å². The van der Waals surface area contributed by atoms with Crippen LogP contribution in [0.4, 0.5) is 13.2 Å². The fraction of sp³-hybridized carbons (Fsp3) is 0.524. The predicted octanol–water partition coefficient (Wildman–Crippen LogP) is 3.42. The van der Waals surface area contributed by atoms with Crippen LogP contribution in [-0.4, -0.2) is 45.6 Å². The van der Waals surface area contributed by atoms with Crippen LogP contribution in [0.3, 0.4) is 0 Å². The highest BCUT2D eigenvalue weighted by atomic mass is 35.5. The van der Waals surface area contributed by atoms with E-state index in [9.17, 15) is 33.0 Å². The first-order chi connectivity index (χ1) is 14.5. The highest BCUT2D eigenvalue weighted by Crippen LogP contribution is 2.41. The molecule has 1 aromatic carbocycles. The second kappa shape index (κ2) is 8.80. The Morgan fingerprint density at radius 3 is 2.52 bits per heavy atom. The number of benzene rings is 1. The number of nitrogens with one attached hydrogen (secondary N) is 1. The van der Waals surface area contributed by atoms with Crippen molar-refractivity contribution in [1.82, 2.24) is 9.88 Å². The molecule has 31 heavy (non-hydrogen) atoms. The molecule has 1 aliphatic rings. The Bertz CT molecular complexity index is 1030. The summed E-state index contributed by atoms with van der Waals surface area (Å²) in [7, 11) is 0. The van der Waals surface area contributed by atoms with Crippen LogP contribution in [-0.2, 0) is 0 Å². The molecule has 0 unspecified atom stereocenters. The number of rotatable bonds is 5. The van der Waals surface area contributed by atoms with E-state index in [1.807, 2.05) is 0 Å². The van der Waals surface area contributed by atoms with Crippen molar-refractivity contribution >= 4 is 28.3 Å². The Kier molecular flexibility index (Phi) is 6.69. The van der Waals surface area contributed by atoms with Gasteiger partial charge in [0.2, 0.25) is 0 Å². The number of halogens is 4. The average molecular weight is 461 g/mol. The number of carbonyl (C=O) groups excluding carboxylic acids is 1. The summed E-state index contributed by atoms with van der Waals surface area (Å²) in [5.41, 5.74) is -1.78. The predicted molar refractivity (Wildman–Crippen MR) is 110 cm³/mol. The molecule has 0 bridgehead atoms. The van der Waals surface area contributed by atoms with Gasteiger partial charge in [-0.05, 0) is 50.8 Å². The van der Waals surface area contributed by atoms with E-state index in [2.05, 4.69) is 5.32 Å². The van der Waals surface area contributed by atoms with E-state index in [0.29, 0.717) is 5.39 Å². The number of alkyl halides is 3. The summed E-state index contributed by atoms with van der Waals surface area (Å²) >= 11 is 6.21. The molecule has 0 aliphatic heterocycles. The summed E-state index contributed by atoms with van der Waals surface area (Å²) in [6.07, 6.45) is -3.39. The minimum absolute atomic E-state index is 0.0487. The molecule has 170 valence electrons. The number of amides is 1. The summed E-state index contributed by atoms with van der Waals surface area (Å²) in [4.78, 5) is 25.6. The molecule has 1 aliphatic carbocycles. The van der Waals surface area contributed by atoms with Crippen molar-refractivity contribution in [2.24, 2.45) is 5.92 Å². The Morgan fingerprint density at radius 2 is 1.94 bits per heavy atom. The first-order valence-corrected chi connectivity index (χ1v) is 10.4. The standard InChI is InChI=1S/C21H24ClF3N2O4/c1-12(10-28)27-9-6-14-15(19(27)30)2-3-16(22)17(14)18(29)26-11-20(31)7-4-13(5-8-20)21(23,24)25/h2-3,6,9,12-13,28,31H,4-5,7-8,10-11H2,1H3,(H,26,29)/t12-,13?,20?/m1/s1. The van der Waals surface area contributed by atoms with Gasteiger partial charge in [0.25, 0.3) is 11.5 Å². The molecule has 0 radical (unpaired) electrons. The van der Waals surface area contributed by atoms with Gasteiger partial charge in [-0.15, -0.1) is 0 Å². The van der Waals surface area contributed by atoms with Crippen molar-refractivity contribution in [2.45, 2.75) is 50.4 Å². The number of carbonyl (C=O) groups is 1. The first-order valence-electron chi connectivity index (χ1n) is 9.98. The lowest BCUT2D eigenvalue weighted by molar-refractivity contribution is -0.191. The van der Waals surface area contributed by atoms with E-state index in [4.69, 9.17) is 11.6 Å². The number of pyridine rings is 1. The van der Waals surface area contributed by atoms with Gasteiger partial charge in [-0.3, -0.25) is 9.59 Å². The largest absolute Gasteiger partial charge is 0.394 e. The maximum Gasteiger partial charge on any atom is 0.391 e. The van der Waals surface area contributed by atoms with Gasteiger partial charge < -0.3 is 20.1 Å². The van der Waals surface area contributed by atoms with E-state index in [-0.39, 0.29) is 54.8 Å². The molecule has 0 saturated heterocycles. The van der Waals surface area contributed by atoms with Gasteiger partial charge in [0, 0.05) is 23.5 Å². The summed E-state index contributed by atoms with van der Waals surface area (Å²) < 4.78 is 39.9. The maximum atomic E-state index is 12.8. The molecule has 1 fully saturated rings. The minimum atomic E-state index is -4.29. The topological polar surface area (TPSA) is 91.6 Å². The monoisotopic (exact) mass is 460 g/mol. The Balaban J connectivity index is 1.81. The number of hydrogen-bond donors (Lipinski definition) is 3. The molecule has 1 amide bonds. The zero-order valence-corrected chi connectivity index (χ0v) is 17.6. The van der Waals surface area contributed by atoms with E-state index in [0.717, 1.165) is 0 Å². The third-order valence-corrected chi connectivity index (χ3v) is 6.30. The van der Waals surface area contributed by atoms with Gasteiger partial charge in [0.15, 0.2) is 0 Å². The molecular formula is C21H24ClF3N2O4. The third-order valence-electron chi connectivity index (χ3n) is 5.98. The molecule has 3 N–H and O–H groups in total. The SMILES string of the molecule is C[C@H](CO)n1ccc2c(C(=O)NCC3(O)CCC(C(F)(F)F)CC3)c(Cl)ccc2c1=O. The van der Waals surface area contributed by atoms with Crippen LogP contribution in [0.2, 0.25) is 5.02 Å². The normalized spacial score (nSPS) is 23.0. The van der Waals surface area contributed by atoms with Gasteiger partial charge in [-0.1, -0.05) is 11.6 Å². The molecule has 3 rings (SSSR count). The number of aliphatic hydroxyl groups is 2. The summed E-state index contributed by atoms with van der Waals surface area (Å²) in [5, 5.41) is 23.1. The third kappa shape index (κ3) is 4.88. The molecule has 1 atom stereocenters. The number of aromatic nitrogens is 1. The number of nitrogens with zero attached hydrogens (tertiary/aromatic N) is 1.